The number of para-hydroxylation sites is 2. The lowest BCUT2D eigenvalue weighted by molar-refractivity contribution is 0.251. The van der Waals surface area contributed by atoms with E-state index in [1.165, 1.54) is 6.42 Å². The lowest BCUT2D eigenvalue weighted by Crippen LogP contribution is -2.52. The van der Waals surface area contributed by atoms with Crippen LogP contribution >= 0.6 is 0 Å². The summed E-state index contributed by atoms with van der Waals surface area (Å²) < 4.78 is 26.9. The Balaban J connectivity index is 1.47. The van der Waals surface area contributed by atoms with Gasteiger partial charge in [-0.05, 0) is 25.0 Å². The summed E-state index contributed by atoms with van der Waals surface area (Å²) in [5.74, 6) is 1.11. The van der Waals surface area contributed by atoms with Crippen LogP contribution in [0.4, 0.5) is 0 Å². The molecule has 22 heavy (non-hydrogen) atoms. The van der Waals surface area contributed by atoms with Crippen molar-refractivity contribution in [3.05, 3.63) is 30.1 Å². The van der Waals surface area contributed by atoms with E-state index < -0.39 is 10.0 Å². The molecule has 5 nitrogen and oxygen atoms in total. The van der Waals surface area contributed by atoms with Crippen molar-refractivity contribution in [1.29, 1.82) is 0 Å². The van der Waals surface area contributed by atoms with Gasteiger partial charge in [0.25, 0.3) is 0 Å². The molecule has 118 valence electrons. The molecule has 0 bridgehead atoms. The van der Waals surface area contributed by atoms with Gasteiger partial charge in [0.2, 0.25) is 10.0 Å². The Bertz CT molecular complexity index is 739. The standard InChI is InChI=1S/C16H21N3O2S/c20-22(21,13-6-2-1-3-7-13)19-10-12(11-19)16-17-14-8-4-5-9-15(14)18-16/h4-5,8-9,12-13H,1-3,6-7,10-11H2,(H,17,18). The summed E-state index contributed by atoms with van der Waals surface area (Å²) in [7, 11) is -3.10. The zero-order chi connectivity index (χ0) is 15.2. The summed E-state index contributed by atoms with van der Waals surface area (Å²) in [5, 5.41) is -0.155. The van der Waals surface area contributed by atoms with Crippen molar-refractivity contribution in [3.8, 4) is 0 Å². The summed E-state index contributed by atoms with van der Waals surface area (Å²) in [6.07, 6.45) is 4.92. The molecular formula is C16H21N3O2S. The normalized spacial score (nSPS) is 22.0. The van der Waals surface area contributed by atoms with E-state index in [4.69, 9.17) is 0 Å². The summed E-state index contributed by atoms with van der Waals surface area (Å²) in [6, 6.07) is 7.92. The average Bonchev–Trinajstić information content (AvgIpc) is 2.89. The maximum Gasteiger partial charge on any atom is 0.217 e. The molecule has 1 saturated heterocycles. The molecule has 1 aromatic carbocycles. The summed E-state index contributed by atoms with van der Waals surface area (Å²) in [6.45, 7) is 1.14. The first-order valence-electron chi connectivity index (χ1n) is 8.08. The molecule has 0 amide bonds. The first-order valence-corrected chi connectivity index (χ1v) is 9.58. The van der Waals surface area contributed by atoms with Gasteiger partial charge in [-0.15, -0.1) is 0 Å². The van der Waals surface area contributed by atoms with Crippen molar-refractivity contribution in [2.45, 2.75) is 43.3 Å². The lowest BCUT2D eigenvalue weighted by atomic mass is 10.0. The number of imidazole rings is 1. The second kappa shape index (κ2) is 5.35. The van der Waals surface area contributed by atoms with Crippen LogP contribution in [0.5, 0.6) is 0 Å². The van der Waals surface area contributed by atoms with Crippen molar-refractivity contribution >= 4 is 21.1 Å². The van der Waals surface area contributed by atoms with E-state index in [0.29, 0.717) is 13.1 Å². The minimum absolute atomic E-state index is 0.155. The molecule has 6 heteroatoms. The number of hydrogen-bond acceptors (Lipinski definition) is 3. The van der Waals surface area contributed by atoms with Gasteiger partial charge in [-0.2, -0.15) is 0 Å². The van der Waals surface area contributed by atoms with Crippen LogP contribution in [-0.2, 0) is 10.0 Å². The highest BCUT2D eigenvalue weighted by molar-refractivity contribution is 7.89. The summed E-state index contributed by atoms with van der Waals surface area (Å²) in [5.41, 5.74) is 1.97. The van der Waals surface area contributed by atoms with Crippen molar-refractivity contribution in [3.63, 3.8) is 0 Å². The van der Waals surface area contributed by atoms with E-state index >= 15 is 0 Å². The van der Waals surface area contributed by atoms with Crippen LogP contribution < -0.4 is 0 Å². The van der Waals surface area contributed by atoms with Crippen molar-refractivity contribution in [2.24, 2.45) is 0 Å². The molecule has 4 rings (SSSR count). The molecule has 1 saturated carbocycles. The molecule has 2 heterocycles. The molecule has 2 aromatic rings. The van der Waals surface area contributed by atoms with Crippen LogP contribution in [0.2, 0.25) is 0 Å². The highest BCUT2D eigenvalue weighted by atomic mass is 32.2. The molecule has 1 aliphatic carbocycles. The number of H-pyrrole nitrogens is 1. The Morgan fingerprint density at radius 3 is 2.55 bits per heavy atom. The van der Waals surface area contributed by atoms with Gasteiger partial charge < -0.3 is 4.98 Å². The average molecular weight is 319 g/mol. The highest BCUT2D eigenvalue weighted by Gasteiger charge is 2.42. The van der Waals surface area contributed by atoms with Crippen LogP contribution in [-0.4, -0.2) is 41.0 Å². The van der Waals surface area contributed by atoms with Crippen LogP contribution in [0.3, 0.4) is 0 Å². The van der Waals surface area contributed by atoms with Gasteiger partial charge in [0, 0.05) is 19.0 Å². The summed E-state index contributed by atoms with van der Waals surface area (Å²) >= 11 is 0. The van der Waals surface area contributed by atoms with Crippen LogP contribution in [0, 0.1) is 0 Å². The van der Waals surface area contributed by atoms with Gasteiger partial charge in [-0.3, -0.25) is 0 Å². The third-order valence-electron chi connectivity index (χ3n) is 4.98. The Morgan fingerprint density at radius 1 is 1.09 bits per heavy atom. The Hall–Kier alpha value is -1.40. The predicted molar refractivity (Wildman–Crippen MR) is 86.2 cm³/mol. The number of rotatable bonds is 3. The number of aromatic nitrogens is 2. The quantitative estimate of drug-likeness (QED) is 0.945. The summed E-state index contributed by atoms with van der Waals surface area (Å²) in [4.78, 5) is 7.90. The van der Waals surface area contributed by atoms with Gasteiger partial charge >= 0.3 is 0 Å². The van der Waals surface area contributed by atoms with E-state index in [1.54, 1.807) is 4.31 Å². The number of nitrogens with zero attached hydrogens (tertiary/aromatic N) is 2. The number of benzene rings is 1. The number of fused-ring (bicyclic) bond motifs is 1. The van der Waals surface area contributed by atoms with E-state index in [9.17, 15) is 8.42 Å². The largest absolute Gasteiger partial charge is 0.342 e. The minimum atomic E-state index is -3.10. The van der Waals surface area contributed by atoms with Crippen LogP contribution in [0.1, 0.15) is 43.8 Å². The van der Waals surface area contributed by atoms with E-state index in [1.807, 2.05) is 24.3 Å². The second-order valence-corrected chi connectivity index (χ2v) is 8.67. The van der Waals surface area contributed by atoms with Crippen LogP contribution in [0.15, 0.2) is 24.3 Å². The van der Waals surface area contributed by atoms with Gasteiger partial charge in [-0.25, -0.2) is 17.7 Å². The van der Waals surface area contributed by atoms with Gasteiger partial charge in [0.05, 0.1) is 16.3 Å². The molecule has 2 aliphatic rings. The third-order valence-corrected chi connectivity index (χ3v) is 7.31. The zero-order valence-corrected chi connectivity index (χ0v) is 13.3. The van der Waals surface area contributed by atoms with Gasteiger partial charge in [0.15, 0.2) is 0 Å². The SMILES string of the molecule is O=S(=O)(C1CCCCC1)N1CC(c2nc3ccccc3[nH]2)C1. The molecule has 0 atom stereocenters. The maximum absolute atomic E-state index is 12.6. The number of aromatic amines is 1. The van der Waals surface area contributed by atoms with Crippen molar-refractivity contribution in [1.82, 2.24) is 14.3 Å². The van der Waals surface area contributed by atoms with Crippen LogP contribution in [0.25, 0.3) is 11.0 Å². The highest BCUT2D eigenvalue weighted by Crippen LogP contribution is 2.33. The first kappa shape index (κ1) is 14.2. The van der Waals surface area contributed by atoms with Crippen molar-refractivity contribution in [2.75, 3.05) is 13.1 Å². The fraction of sp³-hybridized carbons (Fsp3) is 0.562. The third kappa shape index (κ3) is 2.34. The smallest absolute Gasteiger partial charge is 0.217 e. The van der Waals surface area contributed by atoms with E-state index in [2.05, 4.69) is 9.97 Å². The number of hydrogen-bond donors (Lipinski definition) is 1. The molecule has 0 radical (unpaired) electrons. The minimum Gasteiger partial charge on any atom is -0.342 e. The van der Waals surface area contributed by atoms with Crippen molar-refractivity contribution < 1.29 is 8.42 Å². The molecule has 1 aromatic heterocycles. The lowest BCUT2D eigenvalue weighted by Gasteiger charge is -2.39. The molecule has 0 spiro atoms. The monoisotopic (exact) mass is 319 g/mol. The van der Waals surface area contributed by atoms with Gasteiger partial charge in [-0.1, -0.05) is 31.4 Å². The zero-order valence-electron chi connectivity index (χ0n) is 12.5. The maximum atomic E-state index is 12.6. The second-order valence-electron chi connectivity index (χ2n) is 6.46. The Labute approximate surface area is 130 Å². The number of sulfonamides is 1. The molecule has 1 aliphatic heterocycles. The number of nitrogens with one attached hydrogen (secondary N) is 1. The van der Waals surface area contributed by atoms with Gasteiger partial charge in [0.1, 0.15) is 5.82 Å². The van der Waals surface area contributed by atoms with E-state index in [0.717, 1.165) is 42.5 Å². The fourth-order valence-electron chi connectivity index (χ4n) is 3.56. The molecule has 0 unspecified atom stereocenters. The molecule has 2 fully saturated rings. The predicted octanol–water partition coefficient (Wildman–Crippen LogP) is 2.62. The molecule has 1 N–H and O–H groups in total. The molecular weight excluding hydrogens is 298 g/mol. The Kier molecular flexibility index (Phi) is 3.46. The first-order chi connectivity index (χ1) is 10.6. The Morgan fingerprint density at radius 2 is 1.82 bits per heavy atom. The van der Waals surface area contributed by atoms with E-state index in [-0.39, 0.29) is 11.2 Å². The fourth-order valence-corrected chi connectivity index (χ4v) is 5.68. The topological polar surface area (TPSA) is 66.1 Å².